The van der Waals surface area contributed by atoms with Crippen LogP contribution in [-0.4, -0.2) is 14.8 Å². The molecule has 19 heavy (non-hydrogen) atoms. The van der Waals surface area contributed by atoms with E-state index in [0.29, 0.717) is 0 Å². The van der Waals surface area contributed by atoms with Gasteiger partial charge in [0.1, 0.15) is 5.82 Å². The highest BCUT2D eigenvalue weighted by Crippen LogP contribution is 2.21. The normalized spacial score (nSPS) is 14.2. The van der Waals surface area contributed by atoms with Gasteiger partial charge in [0.25, 0.3) is 0 Å². The number of nitrogens with one attached hydrogen (secondary N) is 1. The number of hydrogen-bond acceptors (Lipinski definition) is 3. The summed E-state index contributed by atoms with van der Waals surface area (Å²) in [6.45, 7) is 6.08. The Balaban J connectivity index is 1.78. The molecular weight excluding hydrogens is 236 g/mol. The van der Waals surface area contributed by atoms with Crippen LogP contribution in [0, 0.1) is 13.8 Å². The van der Waals surface area contributed by atoms with Gasteiger partial charge in [-0.15, -0.1) is 10.2 Å². The van der Waals surface area contributed by atoms with Crippen molar-refractivity contribution in [2.75, 3.05) is 5.32 Å². The number of para-hydroxylation sites is 1. The summed E-state index contributed by atoms with van der Waals surface area (Å²) in [4.78, 5) is 0. The van der Waals surface area contributed by atoms with Crippen LogP contribution in [0.25, 0.3) is 0 Å². The third-order valence-electron chi connectivity index (χ3n) is 3.84. The summed E-state index contributed by atoms with van der Waals surface area (Å²) in [5, 5.41) is 12.1. The number of benzene rings is 1. The topological polar surface area (TPSA) is 42.7 Å². The molecule has 0 amide bonds. The molecule has 0 aliphatic carbocycles. The zero-order valence-electron chi connectivity index (χ0n) is 11.6. The van der Waals surface area contributed by atoms with Crippen molar-refractivity contribution in [1.82, 2.24) is 14.8 Å². The van der Waals surface area contributed by atoms with E-state index in [-0.39, 0.29) is 0 Å². The Labute approximate surface area is 113 Å². The minimum atomic E-state index is 0.749. The minimum Gasteiger partial charge on any atom is -0.377 e. The number of fused-ring (bicyclic) bond motifs is 1. The Morgan fingerprint density at radius 1 is 1.16 bits per heavy atom. The van der Waals surface area contributed by atoms with Gasteiger partial charge < -0.3 is 9.88 Å². The summed E-state index contributed by atoms with van der Waals surface area (Å²) in [6.07, 6.45) is 3.54. The zero-order chi connectivity index (χ0) is 13.2. The smallest absolute Gasteiger partial charge is 0.152 e. The van der Waals surface area contributed by atoms with E-state index in [1.165, 1.54) is 29.7 Å². The first kappa shape index (κ1) is 12.2. The van der Waals surface area contributed by atoms with Crippen molar-refractivity contribution in [3.63, 3.8) is 0 Å². The fourth-order valence-electron chi connectivity index (χ4n) is 2.76. The van der Waals surface area contributed by atoms with Gasteiger partial charge in [0.05, 0.1) is 6.54 Å². The second-order valence-corrected chi connectivity index (χ2v) is 5.26. The van der Waals surface area contributed by atoms with E-state index in [4.69, 9.17) is 0 Å². The van der Waals surface area contributed by atoms with Crippen LogP contribution in [0.4, 0.5) is 5.69 Å². The van der Waals surface area contributed by atoms with Crippen LogP contribution in [-0.2, 0) is 19.5 Å². The van der Waals surface area contributed by atoms with Crippen molar-refractivity contribution in [2.45, 2.75) is 46.2 Å². The molecule has 0 atom stereocenters. The number of aromatic nitrogens is 3. The van der Waals surface area contributed by atoms with Gasteiger partial charge in [0, 0.05) is 18.7 Å². The van der Waals surface area contributed by atoms with Crippen molar-refractivity contribution in [3.8, 4) is 0 Å². The van der Waals surface area contributed by atoms with E-state index < -0.39 is 0 Å². The molecule has 0 fully saturated rings. The summed E-state index contributed by atoms with van der Waals surface area (Å²) >= 11 is 0. The molecule has 0 unspecified atom stereocenters. The van der Waals surface area contributed by atoms with Gasteiger partial charge >= 0.3 is 0 Å². The first-order chi connectivity index (χ1) is 9.25. The highest BCUT2D eigenvalue weighted by molar-refractivity contribution is 5.56. The number of rotatable bonds is 3. The molecule has 3 rings (SSSR count). The van der Waals surface area contributed by atoms with Gasteiger partial charge in [-0.3, -0.25) is 0 Å². The van der Waals surface area contributed by atoms with Crippen molar-refractivity contribution >= 4 is 5.69 Å². The van der Waals surface area contributed by atoms with Crippen molar-refractivity contribution in [2.24, 2.45) is 0 Å². The molecule has 2 aromatic rings. The highest BCUT2D eigenvalue weighted by Gasteiger charge is 2.15. The molecule has 0 radical (unpaired) electrons. The lowest BCUT2D eigenvalue weighted by Crippen LogP contribution is -2.15. The minimum absolute atomic E-state index is 0.749. The fraction of sp³-hybridized carbons (Fsp3) is 0.467. The Morgan fingerprint density at radius 2 is 1.95 bits per heavy atom. The lowest BCUT2D eigenvalue weighted by Gasteiger charge is -2.16. The summed E-state index contributed by atoms with van der Waals surface area (Å²) < 4.78 is 2.27. The average molecular weight is 256 g/mol. The van der Waals surface area contributed by atoms with Gasteiger partial charge in [-0.1, -0.05) is 18.2 Å². The highest BCUT2D eigenvalue weighted by atomic mass is 15.3. The summed E-state index contributed by atoms with van der Waals surface area (Å²) in [7, 11) is 0. The summed E-state index contributed by atoms with van der Waals surface area (Å²) in [5.74, 6) is 2.20. The zero-order valence-corrected chi connectivity index (χ0v) is 11.6. The Kier molecular flexibility index (Phi) is 3.23. The van der Waals surface area contributed by atoms with Crippen LogP contribution in [0.15, 0.2) is 18.2 Å². The Morgan fingerprint density at radius 3 is 2.74 bits per heavy atom. The Hall–Kier alpha value is -1.84. The molecule has 4 nitrogen and oxygen atoms in total. The first-order valence-electron chi connectivity index (χ1n) is 6.97. The van der Waals surface area contributed by atoms with Crippen LogP contribution in [0.5, 0.6) is 0 Å². The van der Waals surface area contributed by atoms with Crippen molar-refractivity contribution in [1.29, 1.82) is 0 Å². The number of nitrogens with zero attached hydrogens (tertiary/aromatic N) is 3. The molecule has 1 aromatic carbocycles. The van der Waals surface area contributed by atoms with Gasteiger partial charge in [0.15, 0.2) is 5.82 Å². The lowest BCUT2D eigenvalue weighted by atomic mass is 10.1. The first-order valence-corrected chi connectivity index (χ1v) is 6.97. The number of hydrogen-bond donors (Lipinski definition) is 1. The van der Waals surface area contributed by atoms with E-state index >= 15 is 0 Å². The Bertz CT molecular complexity index is 566. The molecule has 100 valence electrons. The van der Waals surface area contributed by atoms with E-state index in [1.54, 1.807) is 0 Å². The van der Waals surface area contributed by atoms with E-state index in [0.717, 1.165) is 31.2 Å². The molecule has 0 bridgehead atoms. The molecular formula is C15H20N4. The second kappa shape index (κ2) is 5.03. The predicted octanol–water partition coefficient (Wildman–Crippen LogP) is 2.84. The van der Waals surface area contributed by atoms with Crippen LogP contribution in [0.1, 0.15) is 35.6 Å². The molecule has 1 aliphatic heterocycles. The van der Waals surface area contributed by atoms with Gasteiger partial charge in [0.2, 0.25) is 0 Å². The van der Waals surface area contributed by atoms with Crippen molar-refractivity contribution < 1.29 is 0 Å². The van der Waals surface area contributed by atoms with Crippen LogP contribution in [0.2, 0.25) is 0 Å². The fourth-order valence-corrected chi connectivity index (χ4v) is 2.76. The molecule has 0 spiro atoms. The molecule has 2 heterocycles. The third-order valence-corrected chi connectivity index (χ3v) is 3.84. The second-order valence-electron chi connectivity index (χ2n) is 5.26. The van der Waals surface area contributed by atoms with E-state index in [1.807, 2.05) is 0 Å². The predicted molar refractivity (Wildman–Crippen MR) is 76.2 cm³/mol. The summed E-state index contributed by atoms with van der Waals surface area (Å²) in [5.41, 5.74) is 3.77. The van der Waals surface area contributed by atoms with Crippen LogP contribution in [0.3, 0.4) is 0 Å². The van der Waals surface area contributed by atoms with Crippen molar-refractivity contribution in [3.05, 3.63) is 41.0 Å². The monoisotopic (exact) mass is 256 g/mol. The lowest BCUT2D eigenvalue weighted by molar-refractivity contribution is 0.510. The number of anilines is 1. The molecule has 0 saturated heterocycles. The summed E-state index contributed by atoms with van der Waals surface area (Å²) in [6, 6.07) is 6.36. The quantitative estimate of drug-likeness (QED) is 0.918. The van der Waals surface area contributed by atoms with Crippen LogP contribution >= 0.6 is 0 Å². The molecule has 0 saturated carbocycles. The SMILES string of the molecule is Cc1cccc(C)c1NCc1nnc2n1CCCC2. The number of aryl methyl sites for hydroxylation is 3. The molecule has 1 aliphatic rings. The largest absolute Gasteiger partial charge is 0.377 e. The maximum atomic E-state index is 4.32. The van der Waals surface area contributed by atoms with E-state index in [2.05, 4.69) is 52.1 Å². The molecule has 1 N–H and O–H groups in total. The standard InChI is InChI=1S/C15H20N4/c1-11-6-5-7-12(2)15(11)16-10-14-18-17-13-8-3-4-9-19(13)14/h5-7,16H,3-4,8-10H2,1-2H3. The van der Waals surface area contributed by atoms with E-state index in [9.17, 15) is 0 Å². The third kappa shape index (κ3) is 2.35. The van der Waals surface area contributed by atoms with Crippen LogP contribution < -0.4 is 5.32 Å². The maximum Gasteiger partial charge on any atom is 0.152 e. The average Bonchev–Trinajstić information content (AvgIpc) is 2.82. The molecule has 1 aromatic heterocycles. The molecule has 4 heteroatoms. The van der Waals surface area contributed by atoms with Gasteiger partial charge in [-0.25, -0.2) is 0 Å². The van der Waals surface area contributed by atoms with Gasteiger partial charge in [-0.2, -0.15) is 0 Å². The van der Waals surface area contributed by atoms with Gasteiger partial charge in [-0.05, 0) is 37.8 Å². The maximum absolute atomic E-state index is 4.32.